The van der Waals surface area contributed by atoms with E-state index in [1.165, 1.54) is 0 Å². The molecule has 4 heteroatoms. The summed E-state index contributed by atoms with van der Waals surface area (Å²) in [5.74, 6) is -2.48. The van der Waals surface area contributed by atoms with Crippen LogP contribution >= 0.6 is 0 Å². The van der Waals surface area contributed by atoms with Crippen molar-refractivity contribution in [2.45, 2.75) is 31.7 Å². The molecule has 1 saturated heterocycles. The van der Waals surface area contributed by atoms with Crippen molar-refractivity contribution in [2.75, 3.05) is 6.61 Å². The van der Waals surface area contributed by atoms with Crippen molar-refractivity contribution in [1.82, 2.24) is 0 Å². The average Bonchev–Trinajstić information content (AvgIpc) is 2.38. The third-order valence-electron chi connectivity index (χ3n) is 2.88. The first-order valence-corrected chi connectivity index (χ1v) is 5.78. The first-order valence-electron chi connectivity index (χ1n) is 5.78. The van der Waals surface area contributed by atoms with E-state index in [0.717, 1.165) is 18.4 Å². The van der Waals surface area contributed by atoms with Crippen molar-refractivity contribution >= 4 is 5.97 Å². The van der Waals surface area contributed by atoms with Gasteiger partial charge in [-0.25, -0.2) is 4.79 Å². The van der Waals surface area contributed by atoms with Gasteiger partial charge >= 0.3 is 5.97 Å². The predicted octanol–water partition coefficient (Wildman–Crippen LogP) is 2.18. The van der Waals surface area contributed by atoms with E-state index in [9.17, 15) is 9.90 Å². The molecule has 1 unspecified atom stereocenters. The highest BCUT2D eigenvalue weighted by Crippen LogP contribution is 2.27. The van der Waals surface area contributed by atoms with Crippen LogP contribution < -0.4 is 0 Å². The van der Waals surface area contributed by atoms with E-state index in [-0.39, 0.29) is 6.61 Å². The average molecular weight is 236 g/mol. The van der Waals surface area contributed by atoms with Gasteiger partial charge in [0.25, 0.3) is 5.79 Å². The maximum Gasteiger partial charge on any atom is 0.364 e. The lowest BCUT2D eigenvalue weighted by Crippen LogP contribution is -2.46. The second-order valence-corrected chi connectivity index (χ2v) is 4.14. The number of carboxylic acids is 1. The summed E-state index contributed by atoms with van der Waals surface area (Å²) in [6, 6.07) is 9.51. The van der Waals surface area contributed by atoms with Crippen LogP contribution in [0, 0.1) is 0 Å². The molecule has 0 aromatic heterocycles. The third-order valence-corrected chi connectivity index (χ3v) is 2.88. The van der Waals surface area contributed by atoms with Gasteiger partial charge in [0.1, 0.15) is 0 Å². The molecular weight excluding hydrogens is 220 g/mol. The molecule has 1 N–H and O–H groups in total. The second-order valence-electron chi connectivity index (χ2n) is 4.14. The molecule has 0 amide bonds. The summed E-state index contributed by atoms with van der Waals surface area (Å²) >= 11 is 0. The Balaban J connectivity index is 2.01. The summed E-state index contributed by atoms with van der Waals surface area (Å²) in [5.41, 5.74) is 0.947. The van der Waals surface area contributed by atoms with E-state index in [1.807, 2.05) is 30.3 Å². The fourth-order valence-corrected chi connectivity index (χ4v) is 1.89. The van der Waals surface area contributed by atoms with Crippen LogP contribution in [0.25, 0.3) is 0 Å². The van der Waals surface area contributed by atoms with Gasteiger partial charge in [0, 0.05) is 6.42 Å². The second kappa shape index (κ2) is 5.29. The zero-order valence-corrected chi connectivity index (χ0v) is 9.59. The molecule has 4 nitrogen and oxygen atoms in total. The van der Waals surface area contributed by atoms with Crippen LogP contribution in [0.3, 0.4) is 0 Å². The molecule has 1 heterocycles. The van der Waals surface area contributed by atoms with Crippen LogP contribution in [0.4, 0.5) is 0 Å². The van der Waals surface area contributed by atoms with Crippen LogP contribution in [-0.4, -0.2) is 23.5 Å². The molecule has 92 valence electrons. The quantitative estimate of drug-likeness (QED) is 0.870. The summed E-state index contributed by atoms with van der Waals surface area (Å²) < 4.78 is 10.8. The summed E-state index contributed by atoms with van der Waals surface area (Å²) in [6.07, 6.45) is 2.12. The highest BCUT2D eigenvalue weighted by Gasteiger charge is 2.42. The molecule has 0 bridgehead atoms. The Labute approximate surface area is 100 Å². The standard InChI is InChI=1S/C13H16O4/c14-12(15)13(8-4-5-9-16-13)17-10-11-6-2-1-3-7-11/h1-3,6-7H,4-5,8-10H2,(H,14,15). The number of carboxylic acid groups (broad SMARTS) is 1. The van der Waals surface area contributed by atoms with E-state index >= 15 is 0 Å². The fourth-order valence-electron chi connectivity index (χ4n) is 1.89. The van der Waals surface area contributed by atoms with Crippen LogP contribution in [-0.2, 0) is 20.9 Å². The van der Waals surface area contributed by atoms with E-state index < -0.39 is 11.8 Å². The molecule has 0 radical (unpaired) electrons. The highest BCUT2D eigenvalue weighted by atomic mass is 16.7. The Bertz CT molecular complexity index is 368. The SMILES string of the molecule is O=C(O)C1(OCc2ccccc2)CCCCO1. The van der Waals surface area contributed by atoms with Gasteiger partial charge in [-0.1, -0.05) is 30.3 Å². The number of carbonyl (C=O) groups is 1. The van der Waals surface area contributed by atoms with Crippen LogP contribution in [0.15, 0.2) is 30.3 Å². The van der Waals surface area contributed by atoms with E-state index in [0.29, 0.717) is 13.0 Å². The Morgan fingerprint density at radius 3 is 2.71 bits per heavy atom. The maximum absolute atomic E-state index is 11.2. The lowest BCUT2D eigenvalue weighted by molar-refractivity contribution is -0.262. The molecule has 1 atom stereocenters. The van der Waals surface area contributed by atoms with Gasteiger partial charge < -0.3 is 14.6 Å². The van der Waals surface area contributed by atoms with Crippen molar-refractivity contribution in [3.05, 3.63) is 35.9 Å². The van der Waals surface area contributed by atoms with Crippen molar-refractivity contribution < 1.29 is 19.4 Å². The minimum Gasteiger partial charge on any atom is -0.477 e. The predicted molar refractivity (Wildman–Crippen MR) is 61.4 cm³/mol. The monoisotopic (exact) mass is 236 g/mol. The Hall–Kier alpha value is -1.39. The zero-order valence-electron chi connectivity index (χ0n) is 9.59. The lowest BCUT2D eigenvalue weighted by atomic mass is 10.1. The highest BCUT2D eigenvalue weighted by molar-refractivity contribution is 5.75. The van der Waals surface area contributed by atoms with Crippen molar-refractivity contribution in [1.29, 1.82) is 0 Å². The molecule has 1 aromatic carbocycles. The molecule has 0 spiro atoms. The zero-order chi connectivity index (χ0) is 12.1. The van der Waals surface area contributed by atoms with Gasteiger partial charge in [0.05, 0.1) is 13.2 Å². The summed E-state index contributed by atoms with van der Waals surface area (Å²) in [4.78, 5) is 11.2. The Kier molecular flexibility index (Phi) is 3.76. The van der Waals surface area contributed by atoms with Gasteiger partial charge in [0.15, 0.2) is 0 Å². The number of ether oxygens (including phenoxy) is 2. The van der Waals surface area contributed by atoms with E-state index in [2.05, 4.69) is 0 Å². The van der Waals surface area contributed by atoms with Gasteiger partial charge in [-0.15, -0.1) is 0 Å². The molecule has 1 fully saturated rings. The van der Waals surface area contributed by atoms with Crippen LogP contribution in [0.1, 0.15) is 24.8 Å². The minimum absolute atomic E-state index is 0.257. The van der Waals surface area contributed by atoms with Crippen molar-refractivity contribution in [3.8, 4) is 0 Å². The lowest BCUT2D eigenvalue weighted by Gasteiger charge is -2.32. The molecule has 0 aliphatic carbocycles. The number of hydrogen-bond acceptors (Lipinski definition) is 3. The number of aliphatic carboxylic acids is 1. The molecular formula is C13H16O4. The summed E-state index contributed by atoms with van der Waals surface area (Å²) in [7, 11) is 0. The van der Waals surface area contributed by atoms with Gasteiger partial charge in [-0.05, 0) is 18.4 Å². The largest absolute Gasteiger partial charge is 0.477 e. The fraction of sp³-hybridized carbons (Fsp3) is 0.462. The first-order chi connectivity index (χ1) is 8.23. The van der Waals surface area contributed by atoms with Gasteiger partial charge in [-0.3, -0.25) is 0 Å². The van der Waals surface area contributed by atoms with Crippen molar-refractivity contribution in [3.63, 3.8) is 0 Å². The first kappa shape index (κ1) is 12.1. The maximum atomic E-state index is 11.2. The van der Waals surface area contributed by atoms with Gasteiger partial charge in [-0.2, -0.15) is 0 Å². The van der Waals surface area contributed by atoms with Crippen LogP contribution in [0.5, 0.6) is 0 Å². The number of benzene rings is 1. The Morgan fingerprint density at radius 1 is 1.35 bits per heavy atom. The molecule has 2 rings (SSSR count). The van der Waals surface area contributed by atoms with E-state index in [4.69, 9.17) is 9.47 Å². The molecule has 0 saturated carbocycles. The molecule has 1 aromatic rings. The number of hydrogen-bond donors (Lipinski definition) is 1. The minimum atomic E-state index is -1.45. The van der Waals surface area contributed by atoms with Gasteiger partial charge in [0.2, 0.25) is 0 Å². The molecule has 1 aliphatic heterocycles. The topological polar surface area (TPSA) is 55.8 Å². The Morgan fingerprint density at radius 2 is 2.12 bits per heavy atom. The molecule has 1 aliphatic rings. The number of rotatable bonds is 4. The summed E-state index contributed by atoms with van der Waals surface area (Å²) in [6.45, 7) is 0.703. The van der Waals surface area contributed by atoms with E-state index in [1.54, 1.807) is 0 Å². The van der Waals surface area contributed by atoms with Crippen molar-refractivity contribution in [2.24, 2.45) is 0 Å². The smallest absolute Gasteiger partial charge is 0.364 e. The normalized spacial score (nSPS) is 24.5. The third kappa shape index (κ3) is 2.84. The summed E-state index contributed by atoms with van der Waals surface area (Å²) in [5, 5.41) is 9.22. The molecule has 17 heavy (non-hydrogen) atoms. The van der Waals surface area contributed by atoms with Crippen LogP contribution in [0.2, 0.25) is 0 Å².